The van der Waals surface area contributed by atoms with Crippen LogP contribution in [0, 0.1) is 5.41 Å². The number of ether oxygens (including phenoxy) is 1. The smallest absolute Gasteiger partial charge is 0.0480 e. The molecule has 2 rings (SSSR count). The molecular formula is C11H22N2O. The molecule has 0 spiro atoms. The van der Waals surface area contributed by atoms with Crippen LogP contribution in [0.25, 0.3) is 0 Å². The molecule has 82 valence electrons. The zero-order chi connectivity index (χ0) is 9.86. The third-order valence-electron chi connectivity index (χ3n) is 3.50. The van der Waals surface area contributed by atoms with Gasteiger partial charge in [0.1, 0.15) is 0 Å². The largest absolute Gasteiger partial charge is 0.381 e. The van der Waals surface area contributed by atoms with Gasteiger partial charge in [-0.25, -0.2) is 0 Å². The molecule has 0 aromatic heterocycles. The molecule has 0 bridgehead atoms. The predicted molar refractivity (Wildman–Crippen MR) is 57.4 cm³/mol. The van der Waals surface area contributed by atoms with Crippen LogP contribution >= 0.6 is 0 Å². The molecular weight excluding hydrogens is 176 g/mol. The number of rotatable bonds is 5. The average Bonchev–Trinajstić information content (AvgIpc) is 2.98. The molecule has 2 aliphatic rings. The monoisotopic (exact) mass is 198 g/mol. The topological polar surface area (TPSA) is 33.3 Å². The highest BCUT2D eigenvalue weighted by Crippen LogP contribution is 2.44. The van der Waals surface area contributed by atoms with E-state index in [0.717, 1.165) is 13.2 Å². The fourth-order valence-corrected chi connectivity index (χ4v) is 2.23. The summed E-state index contributed by atoms with van der Waals surface area (Å²) in [7, 11) is 2.05. The van der Waals surface area contributed by atoms with Gasteiger partial charge >= 0.3 is 0 Å². The molecule has 14 heavy (non-hydrogen) atoms. The van der Waals surface area contributed by atoms with Gasteiger partial charge in [-0.05, 0) is 38.1 Å². The fourth-order valence-electron chi connectivity index (χ4n) is 2.23. The summed E-state index contributed by atoms with van der Waals surface area (Å²) in [5, 5.41) is 6.98. The van der Waals surface area contributed by atoms with E-state index in [1.807, 2.05) is 0 Å². The molecule has 3 heteroatoms. The molecule has 0 aromatic carbocycles. The lowest BCUT2D eigenvalue weighted by Crippen LogP contribution is -2.40. The van der Waals surface area contributed by atoms with Crippen LogP contribution in [0.15, 0.2) is 0 Å². The van der Waals surface area contributed by atoms with Crippen LogP contribution < -0.4 is 10.6 Å². The molecule has 0 atom stereocenters. The zero-order valence-electron chi connectivity index (χ0n) is 9.14. The van der Waals surface area contributed by atoms with Crippen molar-refractivity contribution >= 4 is 0 Å². The van der Waals surface area contributed by atoms with Gasteiger partial charge in [-0.1, -0.05) is 0 Å². The second-order valence-electron chi connectivity index (χ2n) is 4.80. The highest BCUT2D eigenvalue weighted by atomic mass is 16.5. The molecule has 1 aliphatic carbocycles. The highest BCUT2D eigenvalue weighted by Gasteiger charge is 2.41. The van der Waals surface area contributed by atoms with Crippen molar-refractivity contribution in [2.24, 2.45) is 5.41 Å². The van der Waals surface area contributed by atoms with Gasteiger partial charge in [0.05, 0.1) is 0 Å². The van der Waals surface area contributed by atoms with Gasteiger partial charge in [0.2, 0.25) is 0 Å². The summed E-state index contributed by atoms with van der Waals surface area (Å²) in [4.78, 5) is 0. The first-order chi connectivity index (χ1) is 6.85. The maximum absolute atomic E-state index is 5.34. The zero-order valence-corrected chi connectivity index (χ0v) is 9.14. The van der Waals surface area contributed by atoms with Crippen molar-refractivity contribution in [2.75, 3.05) is 33.4 Å². The van der Waals surface area contributed by atoms with Crippen LogP contribution in [-0.4, -0.2) is 39.4 Å². The molecule has 0 amide bonds. The first-order valence-corrected chi connectivity index (χ1v) is 5.80. The van der Waals surface area contributed by atoms with E-state index < -0.39 is 0 Å². The lowest BCUT2D eigenvalue weighted by Gasteiger charge is -2.25. The van der Waals surface area contributed by atoms with E-state index in [9.17, 15) is 0 Å². The van der Waals surface area contributed by atoms with Gasteiger partial charge in [0.25, 0.3) is 0 Å². The molecule has 0 aromatic rings. The Morgan fingerprint density at radius 3 is 2.50 bits per heavy atom. The van der Waals surface area contributed by atoms with Crippen molar-refractivity contribution in [1.82, 2.24) is 10.6 Å². The van der Waals surface area contributed by atoms with E-state index >= 15 is 0 Å². The maximum atomic E-state index is 5.34. The summed E-state index contributed by atoms with van der Waals surface area (Å²) in [6, 6.07) is 0.707. The summed E-state index contributed by atoms with van der Waals surface area (Å²) < 4.78 is 5.34. The quantitative estimate of drug-likeness (QED) is 0.684. The first kappa shape index (κ1) is 10.4. The lowest BCUT2D eigenvalue weighted by molar-refractivity contribution is 0.0765. The van der Waals surface area contributed by atoms with Crippen molar-refractivity contribution in [3.05, 3.63) is 0 Å². The Bertz CT molecular complexity index is 174. The van der Waals surface area contributed by atoms with Crippen molar-refractivity contribution in [2.45, 2.75) is 31.7 Å². The van der Waals surface area contributed by atoms with Gasteiger partial charge in [0, 0.05) is 32.3 Å². The van der Waals surface area contributed by atoms with E-state index in [1.54, 1.807) is 0 Å². The second kappa shape index (κ2) is 4.60. The molecule has 2 N–H and O–H groups in total. The molecule has 0 unspecified atom stereocenters. The molecule has 1 aliphatic heterocycles. The van der Waals surface area contributed by atoms with Crippen LogP contribution in [0.1, 0.15) is 25.7 Å². The van der Waals surface area contributed by atoms with Gasteiger partial charge in [-0.3, -0.25) is 0 Å². The molecule has 1 saturated carbocycles. The standard InChI is InChI=1S/C11H22N2O/c1-12-8-11(4-5-11)9-13-10-2-6-14-7-3-10/h10,12-13H,2-9H2,1H3. The minimum atomic E-state index is 0.590. The minimum absolute atomic E-state index is 0.590. The Labute approximate surface area is 86.6 Å². The van der Waals surface area contributed by atoms with E-state index in [1.165, 1.54) is 38.8 Å². The van der Waals surface area contributed by atoms with Crippen LogP contribution in [0.3, 0.4) is 0 Å². The number of hydrogen-bond donors (Lipinski definition) is 2. The van der Waals surface area contributed by atoms with Crippen molar-refractivity contribution in [3.8, 4) is 0 Å². The first-order valence-electron chi connectivity index (χ1n) is 5.80. The van der Waals surface area contributed by atoms with E-state index in [4.69, 9.17) is 4.74 Å². The Morgan fingerprint density at radius 1 is 1.21 bits per heavy atom. The predicted octanol–water partition coefficient (Wildman–Crippen LogP) is 0.755. The summed E-state index contributed by atoms with van der Waals surface area (Å²) >= 11 is 0. The second-order valence-corrected chi connectivity index (χ2v) is 4.80. The summed E-state index contributed by atoms with van der Waals surface area (Å²) in [5.74, 6) is 0. The van der Waals surface area contributed by atoms with Crippen LogP contribution in [0.4, 0.5) is 0 Å². The summed E-state index contributed by atoms with van der Waals surface area (Å²) in [5.41, 5.74) is 0.590. The fraction of sp³-hybridized carbons (Fsp3) is 1.00. The minimum Gasteiger partial charge on any atom is -0.381 e. The molecule has 1 saturated heterocycles. The van der Waals surface area contributed by atoms with Gasteiger partial charge in [-0.15, -0.1) is 0 Å². The highest BCUT2D eigenvalue weighted by molar-refractivity contribution is 4.97. The Hall–Kier alpha value is -0.120. The Balaban J connectivity index is 1.65. The lowest BCUT2D eigenvalue weighted by atomic mass is 10.0. The molecule has 2 fully saturated rings. The third-order valence-corrected chi connectivity index (χ3v) is 3.50. The van der Waals surface area contributed by atoms with E-state index in [2.05, 4.69) is 17.7 Å². The van der Waals surface area contributed by atoms with Gasteiger partial charge < -0.3 is 15.4 Å². The van der Waals surface area contributed by atoms with E-state index in [0.29, 0.717) is 11.5 Å². The normalized spacial score (nSPS) is 26.4. The summed E-state index contributed by atoms with van der Waals surface area (Å²) in [6.45, 7) is 4.25. The number of nitrogens with one attached hydrogen (secondary N) is 2. The number of hydrogen-bond acceptors (Lipinski definition) is 3. The molecule has 0 radical (unpaired) electrons. The average molecular weight is 198 g/mol. The third kappa shape index (κ3) is 2.69. The van der Waals surface area contributed by atoms with E-state index in [-0.39, 0.29) is 0 Å². The van der Waals surface area contributed by atoms with Crippen LogP contribution in [0.5, 0.6) is 0 Å². The van der Waals surface area contributed by atoms with Crippen LogP contribution in [-0.2, 0) is 4.74 Å². The molecule has 3 nitrogen and oxygen atoms in total. The Morgan fingerprint density at radius 2 is 1.93 bits per heavy atom. The SMILES string of the molecule is CNCC1(CNC2CCOCC2)CC1. The van der Waals surface area contributed by atoms with Crippen molar-refractivity contribution in [1.29, 1.82) is 0 Å². The van der Waals surface area contributed by atoms with Gasteiger partial charge in [-0.2, -0.15) is 0 Å². The van der Waals surface area contributed by atoms with Crippen LogP contribution in [0.2, 0.25) is 0 Å². The summed E-state index contributed by atoms with van der Waals surface area (Å²) in [6.07, 6.45) is 5.17. The van der Waals surface area contributed by atoms with Gasteiger partial charge in [0.15, 0.2) is 0 Å². The Kier molecular flexibility index (Phi) is 3.42. The molecule has 1 heterocycles. The van der Waals surface area contributed by atoms with Crippen molar-refractivity contribution in [3.63, 3.8) is 0 Å². The maximum Gasteiger partial charge on any atom is 0.0480 e. The van der Waals surface area contributed by atoms with Crippen molar-refractivity contribution < 1.29 is 4.74 Å².